The van der Waals surface area contributed by atoms with Crippen molar-refractivity contribution in [3.63, 3.8) is 0 Å². The maximum atomic E-state index is 6.08. The quantitative estimate of drug-likeness (QED) is 0.529. The summed E-state index contributed by atoms with van der Waals surface area (Å²) in [4.78, 5) is 9.55. The first-order valence-corrected chi connectivity index (χ1v) is 13.1. The highest BCUT2D eigenvalue weighted by atomic mass is 16.5. The van der Waals surface area contributed by atoms with Gasteiger partial charge in [0.2, 0.25) is 5.88 Å². The molecule has 0 saturated carbocycles. The molecule has 6 rings (SSSR count). The Morgan fingerprint density at radius 1 is 1.06 bits per heavy atom. The van der Waals surface area contributed by atoms with Crippen molar-refractivity contribution >= 4 is 16.8 Å². The molecule has 8 heteroatoms. The van der Waals surface area contributed by atoms with Crippen LogP contribution >= 0.6 is 0 Å². The number of rotatable bonds is 8. The molecule has 1 N–H and O–H groups in total. The number of hydrogen-bond donors (Lipinski definition) is 1. The Morgan fingerprint density at radius 2 is 2.03 bits per heavy atom. The molecule has 3 saturated heterocycles. The predicted molar refractivity (Wildman–Crippen MR) is 135 cm³/mol. The van der Waals surface area contributed by atoms with Gasteiger partial charge in [-0.05, 0) is 43.4 Å². The van der Waals surface area contributed by atoms with E-state index in [0.717, 1.165) is 81.6 Å². The second-order valence-corrected chi connectivity index (χ2v) is 10.1. The Bertz CT molecular complexity index is 1100. The summed E-state index contributed by atoms with van der Waals surface area (Å²) in [6, 6.07) is 12.8. The Morgan fingerprint density at radius 3 is 2.91 bits per heavy atom. The molecule has 2 aromatic heterocycles. The van der Waals surface area contributed by atoms with Gasteiger partial charge in [-0.2, -0.15) is 0 Å². The van der Waals surface area contributed by atoms with Gasteiger partial charge in [0.05, 0.1) is 18.1 Å². The molecule has 3 aliphatic rings. The highest BCUT2D eigenvalue weighted by Crippen LogP contribution is 2.31. The molecule has 3 atom stereocenters. The molecule has 3 aliphatic heterocycles. The van der Waals surface area contributed by atoms with Crippen LogP contribution in [0.4, 0.5) is 5.82 Å². The number of aromatic nitrogens is 2. The Kier molecular flexibility index (Phi) is 6.84. The summed E-state index contributed by atoms with van der Waals surface area (Å²) in [5.41, 5.74) is 2.04. The van der Waals surface area contributed by atoms with Gasteiger partial charge in [-0.1, -0.05) is 23.4 Å². The number of anilines is 1. The third-order valence-electron chi connectivity index (χ3n) is 7.65. The fraction of sp³-hybridized carbons (Fsp3) is 0.556. The molecule has 3 fully saturated rings. The Hall–Kier alpha value is -2.68. The van der Waals surface area contributed by atoms with E-state index in [4.69, 9.17) is 14.0 Å². The molecule has 35 heavy (non-hydrogen) atoms. The van der Waals surface area contributed by atoms with Gasteiger partial charge >= 0.3 is 0 Å². The van der Waals surface area contributed by atoms with Crippen molar-refractivity contribution in [1.82, 2.24) is 20.4 Å². The van der Waals surface area contributed by atoms with Crippen LogP contribution in [0.1, 0.15) is 31.2 Å². The molecular weight excluding hydrogens is 442 g/mol. The summed E-state index contributed by atoms with van der Waals surface area (Å²) in [5.74, 6) is 2.25. The van der Waals surface area contributed by atoms with E-state index in [1.165, 1.54) is 24.8 Å². The lowest BCUT2D eigenvalue weighted by molar-refractivity contribution is 0.0716. The van der Waals surface area contributed by atoms with Crippen LogP contribution in [0.15, 0.2) is 47.1 Å². The van der Waals surface area contributed by atoms with Crippen LogP contribution in [0.3, 0.4) is 0 Å². The summed E-state index contributed by atoms with van der Waals surface area (Å²) < 4.78 is 17.3. The van der Waals surface area contributed by atoms with Crippen LogP contribution in [-0.4, -0.2) is 73.1 Å². The lowest BCUT2D eigenvalue weighted by Gasteiger charge is -2.46. The standard InChI is InChI=1S/C27H35N5O3/c1-2-6-25-24(5-1)27(30-35-25)32-12-11-31-17-21(7-9-22(31)18-32)19-34-26-10-8-20(15-29-26)14-28-16-23-4-3-13-33-23/h1-2,5-6,8,10,15,21-23,28H,3-4,7,9,11-14,16-19H2/t21-,22-,23?/m1/s1. The third-order valence-corrected chi connectivity index (χ3v) is 7.65. The molecule has 186 valence electrons. The van der Waals surface area contributed by atoms with Gasteiger partial charge in [0.25, 0.3) is 0 Å². The molecule has 5 heterocycles. The van der Waals surface area contributed by atoms with Crippen molar-refractivity contribution in [1.29, 1.82) is 0 Å². The minimum Gasteiger partial charge on any atom is -0.477 e. The highest BCUT2D eigenvalue weighted by molar-refractivity contribution is 5.88. The molecule has 1 unspecified atom stereocenters. The van der Waals surface area contributed by atoms with E-state index in [0.29, 0.717) is 18.1 Å². The molecule has 0 aliphatic carbocycles. The molecule has 1 aromatic carbocycles. The Balaban J connectivity index is 0.952. The van der Waals surface area contributed by atoms with Crippen molar-refractivity contribution in [3.8, 4) is 5.88 Å². The number of piperazine rings is 1. The second kappa shape index (κ2) is 10.5. The van der Waals surface area contributed by atoms with Crippen LogP contribution in [-0.2, 0) is 11.3 Å². The average molecular weight is 478 g/mol. The Labute approximate surface area is 206 Å². The van der Waals surface area contributed by atoms with Crippen LogP contribution in [0.25, 0.3) is 11.0 Å². The molecular formula is C27H35N5O3. The smallest absolute Gasteiger partial charge is 0.213 e. The lowest BCUT2D eigenvalue weighted by Crippen LogP contribution is -2.57. The van der Waals surface area contributed by atoms with Gasteiger partial charge < -0.3 is 24.2 Å². The van der Waals surface area contributed by atoms with E-state index in [9.17, 15) is 0 Å². The van der Waals surface area contributed by atoms with Gasteiger partial charge in [0, 0.05) is 70.1 Å². The lowest BCUT2D eigenvalue weighted by atomic mass is 9.91. The third kappa shape index (κ3) is 5.29. The number of fused-ring (bicyclic) bond motifs is 2. The topological polar surface area (TPSA) is 75.9 Å². The van der Waals surface area contributed by atoms with Crippen molar-refractivity contribution < 1.29 is 14.0 Å². The molecule has 0 spiro atoms. The first-order chi connectivity index (χ1) is 17.3. The minimum absolute atomic E-state index is 0.367. The number of benzene rings is 1. The SMILES string of the molecule is c1ccc2c(N3CCN4C[C@H](COc5ccc(CNCC6CCCO6)cn5)CC[C@@H]4C3)noc2c1. The zero-order chi connectivity index (χ0) is 23.5. The largest absolute Gasteiger partial charge is 0.477 e. The summed E-state index contributed by atoms with van der Waals surface area (Å²) in [6.07, 6.45) is 6.99. The van der Waals surface area contributed by atoms with Gasteiger partial charge in [0.15, 0.2) is 11.4 Å². The van der Waals surface area contributed by atoms with Crippen LogP contribution in [0.2, 0.25) is 0 Å². The minimum atomic E-state index is 0.367. The van der Waals surface area contributed by atoms with Gasteiger partial charge in [0.1, 0.15) is 0 Å². The number of para-hydroxylation sites is 1. The summed E-state index contributed by atoms with van der Waals surface area (Å²) in [6.45, 7) is 7.47. The number of nitrogens with one attached hydrogen (secondary N) is 1. The monoisotopic (exact) mass is 477 g/mol. The van der Waals surface area contributed by atoms with Crippen molar-refractivity contribution in [3.05, 3.63) is 48.2 Å². The van der Waals surface area contributed by atoms with E-state index in [1.807, 2.05) is 24.4 Å². The van der Waals surface area contributed by atoms with E-state index in [2.05, 4.69) is 43.5 Å². The summed E-state index contributed by atoms with van der Waals surface area (Å²) in [7, 11) is 0. The van der Waals surface area contributed by atoms with Crippen LogP contribution in [0.5, 0.6) is 5.88 Å². The van der Waals surface area contributed by atoms with Crippen molar-refractivity contribution in [2.75, 3.05) is 50.8 Å². The molecule has 0 bridgehead atoms. The maximum absolute atomic E-state index is 6.08. The normalized spacial score (nSPS) is 25.1. The van der Waals surface area contributed by atoms with Crippen molar-refractivity contribution in [2.45, 2.75) is 44.4 Å². The van der Waals surface area contributed by atoms with Crippen LogP contribution in [0, 0.1) is 5.92 Å². The van der Waals surface area contributed by atoms with Gasteiger partial charge in [-0.3, -0.25) is 4.90 Å². The first-order valence-electron chi connectivity index (χ1n) is 13.1. The van der Waals surface area contributed by atoms with Crippen LogP contribution < -0.4 is 15.0 Å². The fourth-order valence-corrected chi connectivity index (χ4v) is 5.67. The molecule has 8 nitrogen and oxygen atoms in total. The summed E-state index contributed by atoms with van der Waals surface area (Å²) >= 11 is 0. The number of ether oxygens (including phenoxy) is 2. The second-order valence-electron chi connectivity index (χ2n) is 10.1. The maximum Gasteiger partial charge on any atom is 0.213 e. The number of piperidine rings is 1. The average Bonchev–Trinajstić information content (AvgIpc) is 3.58. The summed E-state index contributed by atoms with van der Waals surface area (Å²) in [5, 5.41) is 8.95. The van der Waals surface area contributed by atoms with Gasteiger partial charge in [-0.25, -0.2) is 4.98 Å². The molecule has 0 radical (unpaired) electrons. The van der Waals surface area contributed by atoms with E-state index in [1.54, 1.807) is 0 Å². The first kappa shape index (κ1) is 22.8. The van der Waals surface area contributed by atoms with Crippen molar-refractivity contribution in [2.24, 2.45) is 5.92 Å². The van der Waals surface area contributed by atoms with E-state index >= 15 is 0 Å². The number of nitrogens with zero attached hydrogens (tertiary/aromatic N) is 4. The number of hydrogen-bond acceptors (Lipinski definition) is 8. The van der Waals surface area contributed by atoms with Gasteiger partial charge in [-0.15, -0.1) is 0 Å². The molecule has 3 aromatic rings. The zero-order valence-corrected chi connectivity index (χ0v) is 20.3. The fourth-order valence-electron chi connectivity index (χ4n) is 5.67. The van der Waals surface area contributed by atoms with E-state index in [-0.39, 0.29) is 0 Å². The molecule has 0 amide bonds. The predicted octanol–water partition coefficient (Wildman–Crippen LogP) is 3.47. The highest BCUT2D eigenvalue weighted by Gasteiger charge is 2.34. The van der Waals surface area contributed by atoms with E-state index < -0.39 is 0 Å². The number of pyridine rings is 1. The zero-order valence-electron chi connectivity index (χ0n) is 20.3.